The number of carbonyl (C=O) groups excluding carboxylic acids is 2. The van der Waals surface area contributed by atoms with Crippen molar-refractivity contribution in [3.63, 3.8) is 0 Å². The number of benzene rings is 1. The van der Waals surface area contributed by atoms with E-state index in [-0.39, 0.29) is 34.7 Å². The van der Waals surface area contributed by atoms with E-state index in [9.17, 15) is 14.4 Å². The van der Waals surface area contributed by atoms with Crippen molar-refractivity contribution in [3.05, 3.63) is 40.3 Å². The van der Waals surface area contributed by atoms with Gasteiger partial charge in [-0.1, -0.05) is 11.8 Å². The summed E-state index contributed by atoms with van der Waals surface area (Å²) in [5.74, 6) is 0.505. The topological polar surface area (TPSA) is 122 Å². The quantitative estimate of drug-likeness (QED) is 0.449. The maximum atomic E-state index is 12.2. The normalized spacial score (nSPS) is 10.2. The van der Waals surface area contributed by atoms with Crippen molar-refractivity contribution in [2.45, 2.75) is 11.6 Å². The first-order valence-corrected chi connectivity index (χ1v) is 8.89. The highest BCUT2D eigenvalue weighted by molar-refractivity contribution is 7.99. The third-order valence-corrected chi connectivity index (χ3v) is 4.29. The van der Waals surface area contributed by atoms with Crippen LogP contribution in [-0.4, -0.2) is 48.8 Å². The fourth-order valence-electron chi connectivity index (χ4n) is 2.13. The van der Waals surface area contributed by atoms with Crippen LogP contribution in [0.15, 0.2) is 34.2 Å². The number of methoxy groups -OCH3 is 2. The maximum Gasteiger partial charge on any atom is 0.251 e. The number of nitrogens with one attached hydrogen (secondary N) is 3. The highest BCUT2D eigenvalue weighted by atomic mass is 32.2. The molecule has 0 bridgehead atoms. The molecule has 27 heavy (non-hydrogen) atoms. The summed E-state index contributed by atoms with van der Waals surface area (Å²) < 4.78 is 10.4. The second kappa shape index (κ2) is 9.62. The standard InChI is InChI=1S/C17H20N4O5S/c1-18-14(22)6-10-7-15(23)21-17(19-10)27-9-16(24)20-12-8-11(25-2)4-5-13(12)26-3/h4-5,7-8H,6,9H2,1-3H3,(H,18,22)(H,20,24)(H,19,21,23). The summed E-state index contributed by atoms with van der Waals surface area (Å²) in [6.45, 7) is 0. The average molecular weight is 392 g/mol. The Kier molecular flexibility index (Phi) is 7.24. The van der Waals surface area contributed by atoms with E-state index < -0.39 is 0 Å². The van der Waals surface area contributed by atoms with Crippen molar-refractivity contribution in [1.82, 2.24) is 15.3 Å². The molecule has 0 radical (unpaired) electrons. The largest absolute Gasteiger partial charge is 0.497 e. The Hall–Kier alpha value is -3.01. The molecule has 1 aromatic carbocycles. The van der Waals surface area contributed by atoms with Crippen LogP contribution in [0.4, 0.5) is 5.69 Å². The van der Waals surface area contributed by atoms with Gasteiger partial charge in [-0.05, 0) is 12.1 Å². The molecule has 2 aromatic rings. The number of amides is 2. The Morgan fingerprint density at radius 2 is 1.96 bits per heavy atom. The molecule has 1 aromatic heterocycles. The highest BCUT2D eigenvalue weighted by Gasteiger charge is 2.12. The van der Waals surface area contributed by atoms with Gasteiger partial charge in [0.15, 0.2) is 5.16 Å². The van der Waals surface area contributed by atoms with Gasteiger partial charge < -0.3 is 25.1 Å². The average Bonchev–Trinajstić information content (AvgIpc) is 2.65. The number of anilines is 1. The number of aromatic amines is 1. The summed E-state index contributed by atoms with van der Waals surface area (Å²) in [7, 11) is 4.53. The van der Waals surface area contributed by atoms with E-state index in [0.29, 0.717) is 22.9 Å². The molecule has 144 valence electrons. The van der Waals surface area contributed by atoms with Crippen molar-refractivity contribution in [1.29, 1.82) is 0 Å². The molecule has 0 aliphatic carbocycles. The first-order valence-electron chi connectivity index (χ1n) is 7.90. The molecule has 0 spiro atoms. The minimum Gasteiger partial charge on any atom is -0.497 e. The molecule has 2 rings (SSSR count). The van der Waals surface area contributed by atoms with Crippen LogP contribution >= 0.6 is 11.8 Å². The molecule has 2 amide bonds. The number of likely N-dealkylation sites (N-methyl/N-ethyl adjacent to an activating group) is 1. The molecule has 9 nitrogen and oxygen atoms in total. The molecule has 0 aliphatic rings. The van der Waals surface area contributed by atoms with E-state index >= 15 is 0 Å². The Bertz CT molecular complexity index is 884. The second-order valence-electron chi connectivity index (χ2n) is 5.29. The van der Waals surface area contributed by atoms with Crippen LogP contribution in [-0.2, 0) is 16.0 Å². The first-order chi connectivity index (χ1) is 12.9. The predicted molar refractivity (Wildman–Crippen MR) is 102 cm³/mol. The Morgan fingerprint density at radius 3 is 2.63 bits per heavy atom. The van der Waals surface area contributed by atoms with E-state index in [0.717, 1.165) is 11.8 Å². The van der Waals surface area contributed by atoms with Crippen molar-refractivity contribution < 1.29 is 19.1 Å². The fraction of sp³-hybridized carbons (Fsp3) is 0.294. The zero-order valence-electron chi connectivity index (χ0n) is 15.1. The van der Waals surface area contributed by atoms with Crippen LogP contribution in [0.25, 0.3) is 0 Å². The van der Waals surface area contributed by atoms with Crippen molar-refractivity contribution >= 4 is 29.3 Å². The fourth-order valence-corrected chi connectivity index (χ4v) is 2.82. The van der Waals surface area contributed by atoms with Crippen LogP contribution in [0.2, 0.25) is 0 Å². The van der Waals surface area contributed by atoms with Crippen molar-refractivity contribution in [2.75, 3.05) is 32.3 Å². The van der Waals surface area contributed by atoms with Gasteiger partial charge in [0.1, 0.15) is 11.5 Å². The van der Waals surface area contributed by atoms with Gasteiger partial charge in [0, 0.05) is 19.2 Å². The summed E-state index contributed by atoms with van der Waals surface area (Å²) in [6.07, 6.45) is -0.0127. The molecule has 0 unspecified atom stereocenters. The van der Waals surface area contributed by atoms with Gasteiger partial charge in [-0.25, -0.2) is 4.98 Å². The summed E-state index contributed by atoms with van der Waals surface area (Å²) in [5.41, 5.74) is 0.411. The van der Waals surface area contributed by atoms with Gasteiger partial charge in [0.05, 0.1) is 37.8 Å². The van der Waals surface area contributed by atoms with Crippen LogP contribution in [0, 0.1) is 0 Å². The number of aromatic nitrogens is 2. The van der Waals surface area contributed by atoms with E-state index in [1.807, 2.05) is 0 Å². The zero-order chi connectivity index (χ0) is 19.8. The molecular formula is C17H20N4O5S. The number of nitrogens with zero attached hydrogens (tertiary/aromatic N) is 1. The van der Waals surface area contributed by atoms with Gasteiger partial charge in [-0.15, -0.1) is 0 Å². The third kappa shape index (κ3) is 6.03. The van der Waals surface area contributed by atoms with Gasteiger partial charge in [0.2, 0.25) is 11.8 Å². The SMILES string of the molecule is CNC(=O)Cc1cc(=O)[nH]c(SCC(=O)Nc2cc(OC)ccc2OC)n1. The minimum atomic E-state index is -0.388. The third-order valence-electron chi connectivity index (χ3n) is 3.41. The molecule has 0 atom stereocenters. The van der Waals surface area contributed by atoms with Crippen LogP contribution < -0.4 is 25.7 Å². The Labute approximate surface area is 159 Å². The van der Waals surface area contributed by atoms with Crippen LogP contribution in [0.1, 0.15) is 5.69 Å². The van der Waals surface area contributed by atoms with Gasteiger partial charge in [-0.2, -0.15) is 0 Å². The van der Waals surface area contributed by atoms with E-state index in [1.165, 1.54) is 27.3 Å². The molecule has 0 aliphatic heterocycles. The zero-order valence-corrected chi connectivity index (χ0v) is 15.9. The molecule has 0 saturated carbocycles. The maximum absolute atomic E-state index is 12.2. The van der Waals surface area contributed by atoms with E-state index in [1.54, 1.807) is 18.2 Å². The monoisotopic (exact) mass is 392 g/mol. The predicted octanol–water partition coefficient (Wildman–Crippen LogP) is 0.806. The first kappa shape index (κ1) is 20.3. The summed E-state index contributed by atoms with van der Waals surface area (Å²) >= 11 is 1.05. The molecule has 3 N–H and O–H groups in total. The molecular weight excluding hydrogens is 372 g/mol. The van der Waals surface area contributed by atoms with Crippen LogP contribution in [0.5, 0.6) is 11.5 Å². The smallest absolute Gasteiger partial charge is 0.251 e. The number of rotatable bonds is 8. The van der Waals surface area contributed by atoms with Crippen molar-refractivity contribution in [2.24, 2.45) is 0 Å². The van der Waals surface area contributed by atoms with Gasteiger partial charge in [0.25, 0.3) is 5.56 Å². The summed E-state index contributed by atoms with van der Waals surface area (Å²) in [4.78, 5) is 42.1. The van der Waals surface area contributed by atoms with Gasteiger partial charge >= 0.3 is 0 Å². The molecule has 10 heteroatoms. The molecule has 1 heterocycles. The highest BCUT2D eigenvalue weighted by Crippen LogP contribution is 2.29. The molecule has 0 saturated heterocycles. The van der Waals surface area contributed by atoms with E-state index in [2.05, 4.69) is 20.6 Å². The number of H-pyrrole nitrogens is 1. The van der Waals surface area contributed by atoms with Crippen LogP contribution in [0.3, 0.4) is 0 Å². The lowest BCUT2D eigenvalue weighted by Crippen LogP contribution is -2.22. The Balaban J connectivity index is 2.03. The van der Waals surface area contributed by atoms with Crippen molar-refractivity contribution in [3.8, 4) is 11.5 Å². The number of hydrogen-bond acceptors (Lipinski definition) is 7. The van der Waals surface area contributed by atoms with E-state index in [4.69, 9.17) is 9.47 Å². The summed E-state index contributed by atoms with van der Waals surface area (Å²) in [5, 5.41) is 5.45. The number of carbonyl (C=O) groups is 2. The molecule has 0 fully saturated rings. The van der Waals surface area contributed by atoms with Gasteiger partial charge in [-0.3, -0.25) is 14.4 Å². The lowest BCUT2D eigenvalue weighted by Gasteiger charge is -2.11. The number of hydrogen-bond donors (Lipinski definition) is 3. The number of ether oxygens (including phenoxy) is 2. The number of thioether (sulfide) groups is 1. The Morgan fingerprint density at radius 1 is 1.19 bits per heavy atom. The summed E-state index contributed by atoms with van der Waals surface area (Å²) in [6, 6.07) is 6.30. The minimum absolute atomic E-state index is 0.00668. The lowest BCUT2D eigenvalue weighted by molar-refractivity contribution is -0.120. The lowest BCUT2D eigenvalue weighted by atomic mass is 10.2. The second-order valence-corrected chi connectivity index (χ2v) is 6.26.